The van der Waals surface area contributed by atoms with Gasteiger partial charge in [0.25, 0.3) is 0 Å². The lowest BCUT2D eigenvalue weighted by Crippen LogP contribution is -2.46. The van der Waals surface area contributed by atoms with Gasteiger partial charge in [0.2, 0.25) is 0 Å². The van der Waals surface area contributed by atoms with Crippen LogP contribution in [0.3, 0.4) is 0 Å². The first kappa shape index (κ1) is 27.4. The molecule has 12 heteroatoms. The van der Waals surface area contributed by atoms with Crippen molar-refractivity contribution in [3.63, 3.8) is 0 Å². The Morgan fingerprint density at radius 2 is 1.50 bits per heavy atom. The molecule has 0 aliphatic carbocycles. The molecule has 1 saturated heterocycles. The summed E-state index contributed by atoms with van der Waals surface area (Å²) in [5.74, 6) is 0.0603. The Bertz CT molecular complexity index is 1710. The largest absolute Gasteiger partial charge is 0.493 e. The quantitative estimate of drug-likeness (QED) is 0.291. The molecule has 2 heterocycles. The summed E-state index contributed by atoms with van der Waals surface area (Å²) in [6.45, 7) is 3.68. The maximum atomic E-state index is 14.2. The van der Waals surface area contributed by atoms with Crippen LogP contribution >= 0.6 is 23.2 Å². The number of amides is 2. The maximum absolute atomic E-state index is 14.2. The molecule has 5 rings (SSSR count). The van der Waals surface area contributed by atoms with Gasteiger partial charge < -0.3 is 18.9 Å². The second-order valence-electron chi connectivity index (χ2n) is 9.68. The summed E-state index contributed by atoms with van der Waals surface area (Å²) < 4.78 is 18.4. The van der Waals surface area contributed by atoms with Gasteiger partial charge in [-0.05, 0) is 56.3 Å². The minimum Gasteiger partial charge on any atom is -0.493 e. The van der Waals surface area contributed by atoms with Crippen LogP contribution in [0.1, 0.15) is 25.6 Å². The molecule has 0 saturated carbocycles. The van der Waals surface area contributed by atoms with Crippen LogP contribution in [0, 0.1) is 0 Å². The number of rotatable bonds is 7. The van der Waals surface area contributed by atoms with Crippen LogP contribution in [-0.4, -0.2) is 40.0 Å². The zero-order chi connectivity index (χ0) is 28.8. The topological polar surface area (TPSA) is 99.1 Å². The van der Waals surface area contributed by atoms with Crippen molar-refractivity contribution in [2.45, 2.75) is 32.1 Å². The highest BCUT2D eigenvalue weighted by Crippen LogP contribution is 2.44. The van der Waals surface area contributed by atoms with Gasteiger partial charge in [0.15, 0.2) is 17.7 Å². The molecule has 0 radical (unpaired) electrons. The number of hydrogen-bond acceptors (Lipinski definition) is 6. The van der Waals surface area contributed by atoms with Gasteiger partial charge >= 0.3 is 17.5 Å². The smallest absolute Gasteiger partial charge is 0.447 e. The van der Waals surface area contributed by atoms with Crippen LogP contribution in [0.4, 0.5) is 10.5 Å². The number of aromatic nitrogens is 2. The zero-order valence-electron chi connectivity index (χ0n) is 22.1. The first-order valence-electron chi connectivity index (χ1n) is 12.3. The van der Waals surface area contributed by atoms with Crippen LogP contribution in [-0.2, 0) is 6.54 Å². The predicted octanol–water partition coefficient (Wildman–Crippen LogP) is 5.34. The monoisotopic (exact) mass is 584 g/mol. The number of benzene rings is 3. The third kappa shape index (κ3) is 4.52. The lowest BCUT2D eigenvalue weighted by Gasteiger charge is -2.34. The minimum atomic E-state index is -1.09. The van der Waals surface area contributed by atoms with Crippen LogP contribution in [0.5, 0.6) is 11.5 Å². The van der Waals surface area contributed by atoms with Crippen molar-refractivity contribution in [1.29, 1.82) is 0 Å². The first-order chi connectivity index (χ1) is 19.1. The van der Waals surface area contributed by atoms with Crippen molar-refractivity contribution in [3.05, 3.63) is 103 Å². The van der Waals surface area contributed by atoms with Gasteiger partial charge in [-0.15, -0.1) is 4.74 Å². The number of ether oxygens (including phenoxy) is 2. The number of carbonyl (C=O) groups excluding carboxylic acids is 1. The summed E-state index contributed by atoms with van der Waals surface area (Å²) in [5, 5.41) is 0.729. The molecule has 1 aliphatic heterocycles. The van der Waals surface area contributed by atoms with E-state index in [-0.39, 0.29) is 12.2 Å². The summed E-state index contributed by atoms with van der Waals surface area (Å²) >= 11 is 12.4. The van der Waals surface area contributed by atoms with Crippen molar-refractivity contribution in [2.24, 2.45) is 0 Å². The van der Waals surface area contributed by atoms with Crippen LogP contribution in [0.2, 0.25) is 10.0 Å². The third-order valence-corrected chi connectivity index (χ3v) is 7.41. The van der Waals surface area contributed by atoms with E-state index >= 15 is 0 Å². The molecule has 1 aromatic heterocycles. The summed E-state index contributed by atoms with van der Waals surface area (Å²) in [4.78, 5) is 43.9. The fourth-order valence-corrected chi connectivity index (χ4v) is 5.42. The van der Waals surface area contributed by atoms with Gasteiger partial charge in [0.1, 0.15) is 0 Å². The summed E-state index contributed by atoms with van der Waals surface area (Å²) in [6, 6.07) is 17.9. The van der Waals surface area contributed by atoms with Crippen molar-refractivity contribution in [1.82, 2.24) is 14.2 Å². The zero-order valence-corrected chi connectivity index (χ0v) is 23.6. The highest BCUT2D eigenvalue weighted by Gasteiger charge is 2.55. The molecule has 10 nitrogen and oxygen atoms in total. The van der Waals surface area contributed by atoms with E-state index in [0.717, 1.165) is 9.31 Å². The molecule has 1 fully saturated rings. The molecule has 1 atom stereocenters. The number of methoxy groups -OCH3 is 2. The average molecular weight is 585 g/mol. The van der Waals surface area contributed by atoms with Gasteiger partial charge in [-0.25, -0.2) is 14.4 Å². The van der Waals surface area contributed by atoms with Gasteiger partial charge in [0.05, 0.1) is 32.0 Å². The fraction of sp³-hybridized carbons (Fsp3) is 0.250. The number of anilines is 1. The number of halogens is 2. The highest BCUT2D eigenvalue weighted by atomic mass is 35.5. The van der Waals surface area contributed by atoms with Crippen molar-refractivity contribution >= 4 is 34.9 Å². The van der Waals surface area contributed by atoms with Gasteiger partial charge in [-0.3, -0.25) is 4.90 Å². The van der Waals surface area contributed by atoms with E-state index in [1.165, 1.54) is 25.2 Å². The normalized spacial score (nSPS) is 16.4. The van der Waals surface area contributed by atoms with Gasteiger partial charge in [-0.1, -0.05) is 47.5 Å². The van der Waals surface area contributed by atoms with Crippen molar-refractivity contribution in [2.75, 3.05) is 19.1 Å². The van der Waals surface area contributed by atoms with E-state index in [0.29, 0.717) is 32.8 Å². The van der Waals surface area contributed by atoms with Gasteiger partial charge in [-0.2, -0.15) is 4.57 Å². The lowest BCUT2D eigenvalue weighted by atomic mass is 9.99. The van der Waals surface area contributed by atoms with Gasteiger partial charge in [0, 0.05) is 21.3 Å². The van der Waals surface area contributed by atoms with E-state index < -0.39 is 29.2 Å². The molecule has 0 spiro atoms. The highest BCUT2D eigenvalue weighted by molar-refractivity contribution is 6.31. The van der Waals surface area contributed by atoms with Crippen LogP contribution < -0.4 is 25.8 Å². The molecular weight excluding hydrogens is 559 g/mol. The Labute approximate surface area is 239 Å². The second kappa shape index (κ2) is 10.4. The molecule has 40 heavy (non-hydrogen) atoms. The molecule has 2 amide bonds. The van der Waals surface area contributed by atoms with Crippen molar-refractivity contribution < 1.29 is 18.8 Å². The molecule has 3 aromatic carbocycles. The minimum absolute atomic E-state index is 0.105. The number of urea groups is 1. The molecule has 0 unspecified atom stereocenters. The first-order valence-corrected chi connectivity index (χ1v) is 13.0. The van der Waals surface area contributed by atoms with E-state index in [1.54, 1.807) is 73.3 Å². The SMILES string of the molecule is COc1cccc(CN2C(=O)N(c3cccc(Cl)c3)[C@H](n3oc(=O)n(-c4cccc(Cl)c4)c3=O)C2(C)C)c1OC. The van der Waals surface area contributed by atoms with E-state index in [9.17, 15) is 14.4 Å². The number of carbonyl (C=O) groups is 1. The Hall–Kier alpha value is -4.15. The van der Waals surface area contributed by atoms with E-state index in [4.69, 9.17) is 37.2 Å². The second-order valence-corrected chi connectivity index (χ2v) is 10.6. The Morgan fingerprint density at radius 1 is 0.875 bits per heavy atom. The molecule has 1 aliphatic rings. The summed E-state index contributed by atoms with van der Waals surface area (Å²) in [6.07, 6.45) is -1.07. The number of nitrogens with zero attached hydrogens (tertiary/aromatic N) is 4. The number of hydrogen-bond donors (Lipinski definition) is 0. The van der Waals surface area contributed by atoms with E-state index in [2.05, 4.69) is 0 Å². The fourth-order valence-electron chi connectivity index (χ4n) is 5.05. The molecule has 4 aromatic rings. The Kier molecular flexibility index (Phi) is 7.16. The Balaban J connectivity index is 1.68. The molecule has 0 bridgehead atoms. The summed E-state index contributed by atoms with van der Waals surface area (Å²) in [5.41, 5.74) is -0.528. The lowest BCUT2D eigenvalue weighted by molar-refractivity contribution is 0.0926. The predicted molar refractivity (Wildman–Crippen MR) is 151 cm³/mol. The van der Waals surface area contributed by atoms with E-state index in [1.807, 2.05) is 6.07 Å². The average Bonchev–Trinajstić information content (AvgIpc) is 3.31. The molecule has 208 valence electrons. The van der Waals surface area contributed by atoms with Crippen LogP contribution in [0.25, 0.3) is 5.69 Å². The molecular formula is C28H26Cl2N4O6. The van der Waals surface area contributed by atoms with Crippen LogP contribution in [0.15, 0.2) is 80.8 Å². The summed E-state index contributed by atoms with van der Waals surface area (Å²) in [7, 11) is 3.05. The third-order valence-electron chi connectivity index (χ3n) is 6.94. The maximum Gasteiger partial charge on any atom is 0.447 e. The standard InChI is InChI=1S/C28H26Cl2N4O6/c1-28(2)24(34-26(36)33(27(37)40-34)21-12-7-10-19(30)15-21)32(20-11-6-9-18(29)14-20)25(35)31(28)16-17-8-5-13-22(38-3)23(17)39-4/h5-15,24H,16H2,1-4H3/t24-/m1/s1. The number of para-hydroxylation sites is 1. The Morgan fingerprint density at radius 3 is 2.12 bits per heavy atom. The molecule has 0 N–H and O–H groups in total. The van der Waals surface area contributed by atoms with Crippen molar-refractivity contribution in [3.8, 4) is 17.2 Å².